The summed E-state index contributed by atoms with van der Waals surface area (Å²) in [7, 11) is 0. The van der Waals surface area contributed by atoms with Gasteiger partial charge >= 0.3 is 6.03 Å². The fraction of sp³-hybridized carbons (Fsp3) is 0.312. The van der Waals surface area contributed by atoms with Crippen molar-refractivity contribution in [1.82, 2.24) is 15.3 Å². The van der Waals surface area contributed by atoms with Gasteiger partial charge in [0, 0.05) is 19.3 Å². The van der Waals surface area contributed by atoms with Crippen molar-refractivity contribution in [3.8, 4) is 0 Å². The number of carbonyl (C=O) groups is 1. The molecule has 25 heavy (non-hydrogen) atoms. The minimum Gasteiger partial charge on any atom is -0.357 e. The maximum absolute atomic E-state index is 13.5. The number of anilines is 2. The lowest BCUT2D eigenvalue weighted by atomic mass is 10.3. The summed E-state index contributed by atoms with van der Waals surface area (Å²) >= 11 is 0. The number of nitrogens with zero attached hydrogens (tertiary/aromatic N) is 3. The average Bonchev–Trinajstić information content (AvgIpc) is 3.15. The second kappa shape index (κ2) is 7.37. The Balaban J connectivity index is 1.59. The lowest BCUT2D eigenvalue weighted by Crippen LogP contribution is -2.30. The van der Waals surface area contributed by atoms with Gasteiger partial charge in [-0.3, -0.25) is 0 Å². The minimum atomic E-state index is -1.64. The number of aromatic nitrogens is 2. The van der Waals surface area contributed by atoms with Gasteiger partial charge in [0.15, 0.2) is 17.5 Å². The van der Waals surface area contributed by atoms with E-state index in [4.69, 9.17) is 0 Å². The molecule has 1 aromatic heterocycles. The Morgan fingerprint density at radius 2 is 1.88 bits per heavy atom. The van der Waals surface area contributed by atoms with Crippen LogP contribution in [0.4, 0.5) is 29.5 Å². The zero-order chi connectivity index (χ0) is 17.8. The maximum atomic E-state index is 13.5. The van der Waals surface area contributed by atoms with Crippen molar-refractivity contribution in [2.75, 3.05) is 23.3 Å². The number of urea groups is 1. The van der Waals surface area contributed by atoms with Crippen LogP contribution in [-0.4, -0.2) is 29.1 Å². The molecule has 2 aromatic rings. The van der Waals surface area contributed by atoms with E-state index in [1.165, 1.54) is 0 Å². The largest absolute Gasteiger partial charge is 0.357 e. The molecule has 2 heterocycles. The van der Waals surface area contributed by atoms with Gasteiger partial charge < -0.3 is 15.5 Å². The first-order chi connectivity index (χ1) is 12.0. The van der Waals surface area contributed by atoms with Crippen LogP contribution in [0.5, 0.6) is 0 Å². The lowest BCUT2D eigenvalue weighted by Gasteiger charge is -2.16. The first-order valence-electron chi connectivity index (χ1n) is 7.80. The van der Waals surface area contributed by atoms with E-state index in [1.807, 2.05) is 0 Å². The third-order valence-corrected chi connectivity index (χ3v) is 3.81. The van der Waals surface area contributed by atoms with Gasteiger partial charge in [-0.1, -0.05) is 0 Å². The van der Waals surface area contributed by atoms with Crippen LogP contribution in [0.2, 0.25) is 0 Å². The first-order valence-corrected chi connectivity index (χ1v) is 7.80. The van der Waals surface area contributed by atoms with Crippen LogP contribution in [0.3, 0.4) is 0 Å². The minimum absolute atomic E-state index is 0.0127. The summed E-state index contributed by atoms with van der Waals surface area (Å²) in [5, 5.41) is 4.57. The monoisotopic (exact) mass is 351 g/mol. The highest BCUT2D eigenvalue weighted by Crippen LogP contribution is 2.19. The van der Waals surface area contributed by atoms with Crippen LogP contribution in [0.25, 0.3) is 0 Å². The molecule has 2 amide bonds. The number of benzene rings is 1. The van der Waals surface area contributed by atoms with Gasteiger partial charge in [0.05, 0.1) is 12.2 Å². The third-order valence-electron chi connectivity index (χ3n) is 3.81. The molecule has 0 bridgehead atoms. The molecule has 0 radical (unpaired) electrons. The van der Waals surface area contributed by atoms with Gasteiger partial charge in [0.2, 0.25) is 0 Å². The van der Waals surface area contributed by atoms with Gasteiger partial charge in [-0.2, -0.15) is 0 Å². The Morgan fingerprint density at radius 3 is 2.64 bits per heavy atom. The van der Waals surface area contributed by atoms with E-state index in [2.05, 4.69) is 25.5 Å². The van der Waals surface area contributed by atoms with E-state index >= 15 is 0 Å². The standard InChI is InChI=1S/C16H16F3N5O/c17-10-3-4-11(15(19)14(10)18)22-16(25)21-9-12-20-6-5-13(23-12)24-7-1-2-8-24/h3-6H,1-2,7-9H2,(H2,21,22,25). The normalized spacial score (nSPS) is 13.8. The summed E-state index contributed by atoms with van der Waals surface area (Å²) in [6, 6.07) is 2.69. The number of hydrogen-bond acceptors (Lipinski definition) is 4. The van der Waals surface area contributed by atoms with Crippen molar-refractivity contribution in [3.05, 3.63) is 47.7 Å². The molecule has 1 aliphatic heterocycles. The molecular formula is C16H16F3N5O. The molecule has 1 fully saturated rings. The number of hydrogen-bond donors (Lipinski definition) is 2. The zero-order valence-corrected chi connectivity index (χ0v) is 13.2. The quantitative estimate of drug-likeness (QED) is 0.831. The van der Waals surface area contributed by atoms with Crippen LogP contribution < -0.4 is 15.5 Å². The molecule has 3 rings (SSSR count). The summed E-state index contributed by atoms with van der Waals surface area (Å²) in [6.07, 6.45) is 3.82. The number of nitrogens with one attached hydrogen (secondary N) is 2. The van der Waals surface area contributed by atoms with E-state index < -0.39 is 29.2 Å². The Labute approximate surface area is 142 Å². The summed E-state index contributed by atoms with van der Waals surface area (Å²) < 4.78 is 39.5. The highest BCUT2D eigenvalue weighted by molar-refractivity contribution is 5.89. The van der Waals surface area contributed by atoms with E-state index in [0.29, 0.717) is 5.82 Å². The fourth-order valence-electron chi connectivity index (χ4n) is 2.54. The Hall–Kier alpha value is -2.84. The first kappa shape index (κ1) is 17.0. The predicted octanol–water partition coefficient (Wildman–Crippen LogP) is 2.82. The predicted molar refractivity (Wildman–Crippen MR) is 85.7 cm³/mol. The highest BCUT2D eigenvalue weighted by atomic mass is 19.2. The van der Waals surface area contributed by atoms with Crippen LogP contribution in [0.15, 0.2) is 24.4 Å². The lowest BCUT2D eigenvalue weighted by molar-refractivity contribution is 0.251. The van der Waals surface area contributed by atoms with E-state index in [9.17, 15) is 18.0 Å². The van der Waals surface area contributed by atoms with Crippen LogP contribution >= 0.6 is 0 Å². The van der Waals surface area contributed by atoms with Crippen molar-refractivity contribution < 1.29 is 18.0 Å². The second-order valence-electron chi connectivity index (χ2n) is 5.56. The summed E-state index contributed by atoms with van der Waals surface area (Å²) in [5.41, 5.74) is -0.455. The topological polar surface area (TPSA) is 70.2 Å². The van der Waals surface area contributed by atoms with E-state index in [0.717, 1.165) is 43.9 Å². The van der Waals surface area contributed by atoms with Gasteiger partial charge in [-0.25, -0.2) is 27.9 Å². The van der Waals surface area contributed by atoms with Crippen molar-refractivity contribution in [2.45, 2.75) is 19.4 Å². The van der Waals surface area contributed by atoms with Crippen LogP contribution in [0, 0.1) is 17.5 Å². The van der Waals surface area contributed by atoms with Crippen molar-refractivity contribution >= 4 is 17.5 Å². The summed E-state index contributed by atoms with van der Waals surface area (Å²) in [4.78, 5) is 22.4. The fourth-order valence-corrected chi connectivity index (χ4v) is 2.54. The molecule has 1 aliphatic rings. The van der Waals surface area contributed by atoms with Crippen molar-refractivity contribution in [1.29, 1.82) is 0 Å². The Bertz CT molecular complexity index is 780. The Kier molecular flexibility index (Phi) is 5.01. The van der Waals surface area contributed by atoms with Gasteiger partial charge in [-0.15, -0.1) is 0 Å². The summed E-state index contributed by atoms with van der Waals surface area (Å²) in [6.45, 7) is 1.87. The van der Waals surface area contributed by atoms with Crippen LogP contribution in [-0.2, 0) is 6.54 Å². The average molecular weight is 351 g/mol. The van der Waals surface area contributed by atoms with E-state index in [-0.39, 0.29) is 6.54 Å². The highest BCUT2D eigenvalue weighted by Gasteiger charge is 2.16. The molecule has 0 spiro atoms. The number of carbonyl (C=O) groups excluding carboxylic acids is 1. The third kappa shape index (κ3) is 3.98. The molecule has 1 aromatic carbocycles. The SMILES string of the molecule is O=C(NCc1nccc(N2CCCC2)n1)Nc1ccc(F)c(F)c1F. The molecule has 0 atom stereocenters. The molecule has 0 saturated carbocycles. The maximum Gasteiger partial charge on any atom is 0.319 e. The molecule has 1 saturated heterocycles. The smallest absolute Gasteiger partial charge is 0.319 e. The molecule has 6 nitrogen and oxygen atoms in total. The molecular weight excluding hydrogens is 335 g/mol. The molecule has 132 valence electrons. The number of rotatable bonds is 4. The summed E-state index contributed by atoms with van der Waals surface area (Å²) in [5.74, 6) is -3.24. The van der Waals surface area contributed by atoms with Crippen molar-refractivity contribution in [2.24, 2.45) is 0 Å². The second-order valence-corrected chi connectivity index (χ2v) is 5.56. The van der Waals surface area contributed by atoms with Gasteiger partial charge in [-0.05, 0) is 31.0 Å². The molecule has 0 unspecified atom stereocenters. The van der Waals surface area contributed by atoms with Gasteiger partial charge in [0.1, 0.15) is 11.6 Å². The zero-order valence-electron chi connectivity index (χ0n) is 13.2. The Morgan fingerprint density at radius 1 is 1.12 bits per heavy atom. The number of amides is 2. The molecule has 0 aliphatic carbocycles. The van der Waals surface area contributed by atoms with E-state index in [1.54, 1.807) is 12.3 Å². The van der Waals surface area contributed by atoms with Crippen molar-refractivity contribution in [3.63, 3.8) is 0 Å². The molecule has 9 heteroatoms. The van der Waals surface area contributed by atoms with Gasteiger partial charge in [0.25, 0.3) is 0 Å². The van der Waals surface area contributed by atoms with Crippen LogP contribution in [0.1, 0.15) is 18.7 Å². The number of halogens is 3. The molecule has 2 N–H and O–H groups in total.